The summed E-state index contributed by atoms with van der Waals surface area (Å²) in [6, 6.07) is 4.76. The van der Waals surface area contributed by atoms with Crippen molar-refractivity contribution >= 4 is 68.3 Å². The number of halogens is 3. The molecule has 1 aromatic carbocycles. The number of alkyl halides is 3. The van der Waals surface area contributed by atoms with Gasteiger partial charge in [0.25, 0.3) is 5.91 Å². The number of pyridine rings is 1. The molecule has 25 heteroatoms. The minimum Gasteiger partial charge on any atom is -0.491 e. The maximum absolute atomic E-state index is 13.7. The molecule has 3 amide bonds. The first-order chi connectivity index (χ1) is 32.4. The van der Waals surface area contributed by atoms with Crippen molar-refractivity contribution in [3.05, 3.63) is 87.2 Å². The molecule has 0 atom stereocenters. The predicted molar refractivity (Wildman–Crippen MR) is 236 cm³/mol. The van der Waals surface area contributed by atoms with Gasteiger partial charge in [0.2, 0.25) is 23.4 Å². The average molecular weight is 969 g/mol. The number of hydrogen-bond acceptors (Lipinski definition) is 16. The van der Waals surface area contributed by atoms with E-state index in [0.29, 0.717) is 94.2 Å². The number of primary amides is 1. The standard InChI is InChI=1S/C41H46N10O9S.C2HF3O2/c1-6-27-33(59-23(3)44-27)37(53)47-40-46-29-19-25(35(42)52)20-30(58-16-10-11-49-14-17-57-18-15-49)32(29)50(40)12-8-9-13-51-36-31(21-26(22-43-36)39(55)56-5)61-41(51)48-38(54)34-28(7-2)45-24(4)60-34;3-2(4,5)1(6)7/h8-9,19-22H,6-7,10-18H2,1-5H3,(H2,42,52)(H,46,47,53);(H,6,7)/b9-8+,48-41+;. The number of carbonyl (C=O) groups is 5. The Kier molecular flexibility index (Phi) is 16.3. The van der Waals surface area contributed by atoms with E-state index in [9.17, 15) is 32.3 Å². The summed E-state index contributed by atoms with van der Waals surface area (Å²) >= 11 is 1.17. The van der Waals surface area contributed by atoms with Gasteiger partial charge < -0.3 is 38.5 Å². The third kappa shape index (κ3) is 12.0. The normalized spacial score (nSPS) is 13.5. The Balaban J connectivity index is 0.00000101. The van der Waals surface area contributed by atoms with Crippen molar-refractivity contribution in [1.82, 2.24) is 34.0 Å². The van der Waals surface area contributed by atoms with Crippen LogP contribution >= 0.6 is 11.3 Å². The highest BCUT2D eigenvalue weighted by Gasteiger charge is 2.38. The Morgan fingerprint density at radius 3 is 2.19 bits per heavy atom. The second-order valence-electron chi connectivity index (χ2n) is 14.8. The number of aryl methyl sites for hydroxylation is 4. The minimum absolute atomic E-state index is 0.0504. The molecule has 1 saturated heterocycles. The smallest absolute Gasteiger partial charge is 0.490 e. The van der Waals surface area contributed by atoms with Crippen molar-refractivity contribution in [3.8, 4) is 5.75 Å². The lowest BCUT2D eigenvalue weighted by Gasteiger charge is -2.26. The quantitative estimate of drug-likeness (QED) is 0.0651. The van der Waals surface area contributed by atoms with Crippen molar-refractivity contribution in [2.24, 2.45) is 10.7 Å². The van der Waals surface area contributed by atoms with Gasteiger partial charge in [-0.25, -0.2) is 29.5 Å². The molecule has 7 rings (SSSR count). The number of fused-ring (bicyclic) bond motifs is 2. The third-order valence-electron chi connectivity index (χ3n) is 10.1. The Morgan fingerprint density at radius 1 is 0.941 bits per heavy atom. The average Bonchev–Trinajstić information content (AvgIpc) is 4.08. The third-order valence-corrected chi connectivity index (χ3v) is 11.1. The molecule has 1 aliphatic heterocycles. The number of imidazole rings is 1. The number of carboxylic acid groups (broad SMARTS) is 1. The Morgan fingerprint density at radius 2 is 1.57 bits per heavy atom. The fourth-order valence-electron chi connectivity index (χ4n) is 6.91. The van der Waals surface area contributed by atoms with Crippen LogP contribution in [0.4, 0.5) is 19.1 Å². The second kappa shape index (κ2) is 22.0. The fourth-order valence-corrected chi connectivity index (χ4v) is 7.94. The zero-order valence-corrected chi connectivity index (χ0v) is 38.3. The summed E-state index contributed by atoms with van der Waals surface area (Å²) in [6.45, 7) is 11.6. The lowest BCUT2D eigenvalue weighted by atomic mass is 10.1. The summed E-state index contributed by atoms with van der Waals surface area (Å²) in [5.74, 6) is -3.82. The van der Waals surface area contributed by atoms with Gasteiger partial charge in [-0.05, 0) is 37.5 Å². The van der Waals surface area contributed by atoms with Crippen molar-refractivity contribution in [1.29, 1.82) is 0 Å². The number of ether oxygens (including phenoxy) is 3. The number of methoxy groups -OCH3 is 1. The van der Waals surface area contributed by atoms with Crippen molar-refractivity contribution < 1.29 is 65.3 Å². The topological polar surface area (TPSA) is 275 Å². The van der Waals surface area contributed by atoms with E-state index in [1.165, 1.54) is 24.6 Å². The maximum atomic E-state index is 13.7. The zero-order chi connectivity index (χ0) is 49.3. The van der Waals surface area contributed by atoms with E-state index in [4.69, 9.17) is 43.7 Å². The van der Waals surface area contributed by atoms with E-state index >= 15 is 0 Å². The van der Waals surface area contributed by atoms with E-state index < -0.39 is 35.8 Å². The molecule has 362 valence electrons. The Bertz CT molecular complexity index is 2940. The van der Waals surface area contributed by atoms with Crippen LogP contribution in [0.2, 0.25) is 0 Å². The number of allylic oxidation sites excluding steroid dienone is 2. The van der Waals surface area contributed by atoms with Gasteiger partial charge in [-0.15, -0.1) is 0 Å². The first-order valence-electron chi connectivity index (χ1n) is 21.0. The maximum Gasteiger partial charge on any atom is 0.490 e. The number of nitrogens with one attached hydrogen (secondary N) is 1. The lowest BCUT2D eigenvalue weighted by Crippen LogP contribution is -2.37. The van der Waals surface area contributed by atoms with E-state index in [2.05, 4.69) is 30.2 Å². The number of nitrogens with two attached hydrogens (primary N) is 1. The number of anilines is 1. The summed E-state index contributed by atoms with van der Waals surface area (Å²) in [4.78, 5) is 85.9. The van der Waals surface area contributed by atoms with Crippen LogP contribution in [0.1, 0.15) is 85.3 Å². The van der Waals surface area contributed by atoms with E-state index in [1.807, 2.05) is 26.0 Å². The highest BCUT2D eigenvalue weighted by molar-refractivity contribution is 7.16. The van der Waals surface area contributed by atoms with Gasteiger partial charge >= 0.3 is 24.0 Å². The summed E-state index contributed by atoms with van der Waals surface area (Å²) in [6.07, 6.45) is 1.65. The predicted octanol–water partition coefficient (Wildman–Crippen LogP) is 5.03. The molecule has 0 aliphatic carbocycles. The number of benzene rings is 1. The number of thiazole rings is 1. The van der Waals surface area contributed by atoms with Gasteiger partial charge in [0.15, 0.2) is 22.2 Å². The number of morpholine rings is 1. The van der Waals surface area contributed by atoms with Crippen molar-refractivity contribution in [2.75, 3.05) is 51.9 Å². The summed E-state index contributed by atoms with van der Waals surface area (Å²) in [5.41, 5.74) is 8.52. The molecule has 1 aliphatic rings. The molecule has 0 spiro atoms. The second-order valence-corrected chi connectivity index (χ2v) is 15.8. The summed E-state index contributed by atoms with van der Waals surface area (Å²) < 4.78 is 63.8. The largest absolute Gasteiger partial charge is 0.491 e. The van der Waals surface area contributed by atoms with Crippen LogP contribution in [0.5, 0.6) is 5.75 Å². The molecular weight excluding hydrogens is 922 g/mol. The Hall–Kier alpha value is -7.25. The van der Waals surface area contributed by atoms with Crippen LogP contribution < -0.4 is 20.6 Å². The number of esters is 1. The number of hydrogen-bond donors (Lipinski definition) is 3. The molecule has 1 fully saturated rings. The molecule has 4 N–H and O–H groups in total. The number of aromatic nitrogens is 6. The van der Waals surface area contributed by atoms with E-state index in [1.54, 1.807) is 41.2 Å². The van der Waals surface area contributed by atoms with Crippen LogP contribution in [0.25, 0.3) is 21.4 Å². The molecule has 21 nitrogen and oxygen atoms in total. The van der Waals surface area contributed by atoms with Gasteiger partial charge in [0.05, 0.1) is 54.1 Å². The lowest BCUT2D eigenvalue weighted by molar-refractivity contribution is -0.192. The van der Waals surface area contributed by atoms with E-state index in [0.717, 1.165) is 19.6 Å². The number of nitrogens with zero attached hydrogens (tertiary/aromatic N) is 8. The molecule has 6 aromatic rings. The molecule has 6 heterocycles. The van der Waals surface area contributed by atoms with Gasteiger partial charge in [0.1, 0.15) is 11.3 Å². The van der Waals surface area contributed by atoms with Crippen LogP contribution in [0, 0.1) is 13.8 Å². The van der Waals surface area contributed by atoms with Gasteiger partial charge in [-0.3, -0.25) is 29.2 Å². The number of carboxylic acids is 1. The molecule has 0 saturated carbocycles. The van der Waals surface area contributed by atoms with Gasteiger partial charge in [0, 0.05) is 58.3 Å². The molecule has 0 unspecified atom stereocenters. The number of rotatable bonds is 16. The Labute approximate surface area is 388 Å². The minimum atomic E-state index is -5.08. The number of aliphatic carboxylic acids is 1. The molecule has 68 heavy (non-hydrogen) atoms. The zero-order valence-electron chi connectivity index (χ0n) is 37.5. The van der Waals surface area contributed by atoms with Crippen LogP contribution in [-0.2, 0) is 40.2 Å². The summed E-state index contributed by atoms with van der Waals surface area (Å²) in [5, 5.41) is 10.0. The molecule has 5 aromatic heterocycles. The van der Waals surface area contributed by atoms with Gasteiger partial charge in [-0.2, -0.15) is 18.2 Å². The van der Waals surface area contributed by atoms with Crippen LogP contribution in [0.15, 0.2) is 50.4 Å². The number of oxazole rings is 2. The first-order valence-corrected chi connectivity index (χ1v) is 21.9. The molecule has 0 bridgehead atoms. The summed E-state index contributed by atoms with van der Waals surface area (Å²) in [7, 11) is 1.28. The highest BCUT2D eigenvalue weighted by Crippen LogP contribution is 2.32. The first kappa shape index (κ1) is 50.2. The van der Waals surface area contributed by atoms with Crippen molar-refractivity contribution in [3.63, 3.8) is 0 Å². The van der Waals surface area contributed by atoms with Gasteiger partial charge in [-0.1, -0.05) is 37.3 Å². The van der Waals surface area contributed by atoms with Crippen molar-refractivity contribution in [2.45, 2.75) is 66.2 Å². The highest BCUT2D eigenvalue weighted by atomic mass is 32.1. The van der Waals surface area contributed by atoms with E-state index in [-0.39, 0.29) is 41.7 Å². The fraction of sp³-hybridized carbons (Fsp3) is 0.395. The molecule has 0 radical (unpaired) electrons. The van der Waals surface area contributed by atoms with Crippen LogP contribution in [-0.4, -0.2) is 121 Å². The SMILES string of the molecule is CCc1nc(C)oc1C(=O)/N=c1/sc2cc(C(=O)OC)cnc2n1C/C=C/Cn1c(NC(=O)c2oc(C)nc2CC)nc2cc(C(N)=O)cc(OCCCN3CCOCC3)c21.O=C(O)C(F)(F)F. The van der Waals surface area contributed by atoms with Crippen LogP contribution in [0.3, 0.4) is 0 Å². The monoisotopic (exact) mass is 968 g/mol. The number of carbonyl (C=O) groups excluding carboxylic acids is 4. The molecular formula is C43H47F3N10O11S. The number of amides is 3.